The summed E-state index contributed by atoms with van der Waals surface area (Å²) in [5.74, 6) is 0.211. The molecule has 1 saturated carbocycles. The third kappa shape index (κ3) is 8.85. The van der Waals surface area contributed by atoms with Gasteiger partial charge < -0.3 is 10.1 Å². The van der Waals surface area contributed by atoms with Gasteiger partial charge in [-0.05, 0) is 38.6 Å². The number of rotatable bonds is 12. The van der Waals surface area contributed by atoms with Crippen LogP contribution in [-0.2, 0) is 14.8 Å². The maximum absolute atomic E-state index is 11.6. The smallest absolute Gasteiger partial charge is 0.211 e. The molecule has 1 fully saturated rings. The van der Waals surface area contributed by atoms with E-state index in [2.05, 4.69) is 17.0 Å². The Morgan fingerprint density at radius 3 is 2.61 bits per heavy atom. The van der Waals surface area contributed by atoms with Gasteiger partial charge in [-0.15, -0.1) is 0 Å². The van der Waals surface area contributed by atoms with Crippen molar-refractivity contribution in [3.8, 4) is 0 Å². The monoisotopic (exact) mass is 278 g/mol. The summed E-state index contributed by atoms with van der Waals surface area (Å²) in [5.41, 5.74) is 0. The zero-order valence-corrected chi connectivity index (χ0v) is 12.1. The molecule has 108 valence electrons. The van der Waals surface area contributed by atoms with Crippen LogP contribution in [0.4, 0.5) is 0 Å². The highest BCUT2D eigenvalue weighted by Gasteiger charge is 2.20. The lowest BCUT2D eigenvalue weighted by Gasteiger charge is -2.07. The van der Waals surface area contributed by atoms with E-state index < -0.39 is 10.0 Å². The summed E-state index contributed by atoms with van der Waals surface area (Å²) in [4.78, 5) is 0. The van der Waals surface area contributed by atoms with Crippen molar-refractivity contribution >= 4 is 10.0 Å². The van der Waals surface area contributed by atoms with E-state index in [0.717, 1.165) is 26.0 Å². The van der Waals surface area contributed by atoms with Crippen molar-refractivity contribution in [3.63, 3.8) is 0 Å². The van der Waals surface area contributed by atoms with Crippen LogP contribution in [-0.4, -0.2) is 46.5 Å². The molecular weight excluding hydrogens is 252 g/mol. The van der Waals surface area contributed by atoms with E-state index in [4.69, 9.17) is 4.74 Å². The molecule has 0 aromatic carbocycles. The van der Waals surface area contributed by atoms with E-state index in [0.29, 0.717) is 25.6 Å². The SMILES string of the molecule is CCCOCCCNS(=O)(=O)CCCNC1CC1. The van der Waals surface area contributed by atoms with Gasteiger partial charge in [0.2, 0.25) is 10.0 Å². The zero-order valence-electron chi connectivity index (χ0n) is 11.3. The fourth-order valence-electron chi connectivity index (χ4n) is 1.58. The minimum absolute atomic E-state index is 0.211. The number of nitrogens with one attached hydrogen (secondary N) is 2. The second-order valence-electron chi connectivity index (χ2n) is 4.76. The lowest BCUT2D eigenvalue weighted by Crippen LogP contribution is -2.30. The second kappa shape index (κ2) is 8.85. The van der Waals surface area contributed by atoms with Crippen LogP contribution in [0.1, 0.15) is 39.0 Å². The summed E-state index contributed by atoms with van der Waals surface area (Å²) in [6.45, 7) is 4.70. The second-order valence-corrected chi connectivity index (χ2v) is 6.69. The summed E-state index contributed by atoms with van der Waals surface area (Å²) in [6, 6.07) is 0.649. The molecule has 0 amide bonds. The molecule has 0 spiro atoms. The molecule has 0 aliphatic heterocycles. The van der Waals surface area contributed by atoms with Gasteiger partial charge in [-0.2, -0.15) is 0 Å². The van der Waals surface area contributed by atoms with Gasteiger partial charge in [-0.25, -0.2) is 13.1 Å². The third-order valence-electron chi connectivity index (χ3n) is 2.74. The molecule has 0 atom stereocenters. The predicted octanol–water partition coefficient (Wildman–Crippen LogP) is 0.865. The van der Waals surface area contributed by atoms with Gasteiger partial charge in [0.1, 0.15) is 0 Å². The molecule has 0 saturated heterocycles. The molecule has 5 nitrogen and oxygen atoms in total. The van der Waals surface area contributed by atoms with Crippen molar-refractivity contribution in [3.05, 3.63) is 0 Å². The van der Waals surface area contributed by atoms with Crippen LogP contribution in [0, 0.1) is 0 Å². The van der Waals surface area contributed by atoms with Crippen LogP contribution in [0.15, 0.2) is 0 Å². The van der Waals surface area contributed by atoms with Crippen LogP contribution in [0.25, 0.3) is 0 Å². The Labute approximate surface area is 111 Å². The van der Waals surface area contributed by atoms with Crippen LogP contribution < -0.4 is 10.0 Å². The van der Waals surface area contributed by atoms with Crippen LogP contribution in [0.3, 0.4) is 0 Å². The van der Waals surface area contributed by atoms with Gasteiger partial charge in [0.15, 0.2) is 0 Å². The third-order valence-corrected chi connectivity index (χ3v) is 4.21. The molecule has 6 heteroatoms. The van der Waals surface area contributed by atoms with E-state index in [-0.39, 0.29) is 5.75 Å². The van der Waals surface area contributed by atoms with Crippen molar-refractivity contribution in [2.24, 2.45) is 0 Å². The Hall–Kier alpha value is -0.170. The van der Waals surface area contributed by atoms with Gasteiger partial charge in [0, 0.05) is 25.8 Å². The highest BCUT2D eigenvalue weighted by Crippen LogP contribution is 2.18. The van der Waals surface area contributed by atoms with Crippen LogP contribution >= 0.6 is 0 Å². The van der Waals surface area contributed by atoms with Crippen molar-refractivity contribution in [2.45, 2.75) is 45.1 Å². The minimum atomic E-state index is -3.10. The minimum Gasteiger partial charge on any atom is -0.381 e. The molecule has 0 radical (unpaired) electrons. The summed E-state index contributed by atoms with van der Waals surface area (Å²) < 4.78 is 31.1. The number of sulfonamides is 1. The van der Waals surface area contributed by atoms with E-state index in [1.807, 2.05) is 0 Å². The van der Waals surface area contributed by atoms with E-state index in [1.54, 1.807) is 0 Å². The molecule has 0 aromatic rings. The molecule has 0 aromatic heterocycles. The quantitative estimate of drug-likeness (QED) is 0.520. The Balaban J connectivity index is 1.93. The fraction of sp³-hybridized carbons (Fsp3) is 1.00. The average Bonchev–Trinajstić information content (AvgIpc) is 3.13. The highest BCUT2D eigenvalue weighted by molar-refractivity contribution is 7.89. The molecule has 18 heavy (non-hydrogen) atoms. The standard InChI is InChI=1S/C12H26N2O3S/c1-2-9-17-10-3-8-14-18(15,16)11-4-7-13-12-5-6-12/h12-14H,2-11H2,1H3. The number of hydrogen-bond acceptors (Lipinski definition) is 4. The Morgan fingerprint density at radius 1 is 1.17 bits per heavy atom. The first-order valence-electron chi connectivity index (χ1n) is 6.92. The molecular formula is C12H26N2O3S. The van der Waals surface area contributed by atoms with Gasteiger partial charge in [-0.1, -0.05) is 6.92 Å². The first kappa shape index (κ1) is 15.9. The first-order chi connectivity index (χ1) is 8.64. The topological polar surface area (TPSA) is 67.4 Å². The van der Waals surface area contributed by atoms with Crippen molar-refractivity contribution in [2.75, 3.05) is 32.1 Å². The summed E-state index contributed by atoms with van der Waals surface area (Å²) >= 11 is 0. The predicted molar refractivity (Wildman–Crippen MR) is 73.2 cm³/mol. The molecule has 0 unspecified atom stereocenters. The summed E-state index contributed by atoms with van der Waals surface area (Å²) in [5, 5.41) is 3.31. The average molecular weight is 278 g/mol. The summed E-state index contributed by atoms with van der Waals surface area (Å²) in [7, 11) is -3.10. The number of hydrogen-bond donors (Lipinski definition) is 2. The van der Waals surface area contributed by atoms with Gasteiger partial charge in [0.25, 0.3) is 0 Å². The van der Waals surface area contributed by atoms with Gasteiger partial charge in [0.05, 0.1) is 5.75 Å². The molecule has 1 rings (SSSR count). The molecule has 0 bridgehead atoms. The Kier molecular flexibility index (Phi) is 7.81. The Morgan fingerprint density at radius 2 is 1.94 bits per heavy atom. The van der Waals surface area contributed by atoms with E-state index in [9.17, 15) is 8.42 Å². The van der Waals surface area contributed by atoms with Crippen LogP contribution in [0.5, 0.6) is 0 Å². The fourth-order valence-corrected chi connectivity index (χ4v) is 2.70. The molecule has 1 aliphatic rings. The van der Waals surface area contributed by atoms with Crippen molar-refractivity contribution in [1.82, 2.24) is 10.0 Å². The summed E-state index contributed by atoms with van der Waals surface area (Å²) in [6.07, 6.45) is 4.89. The first-order valence-corrected chi connectivity index (χ1v) is 8.58. The largest absolute Gasteiger partial charge is 0.381 e. The molecule has 2 N–H and O–H groups in total. The lowest BCUT2D eigenvalue weighted by molar-refractivity contribution is 0.133. The van der Waals surface area contributed by atoms with E-state index in [1.165, 1.54) is 12.8 Å². The zero-order chi connectivity index (χ0) is 13.3. The van der Waals surface area contributed by atoms with Crippen LogP contribution in [0.2, 0.25) is 0 Å². The lowest BCUT2D eigenvalue weighted by atomic mass is 10.4. The molecule has 0 heterocycles. The molecule has 1 aliphatic carbocycles. The maximum Gasteiger partial charge on any atom is 0.211 e. The van der Waals surface area contributed by atoms with E-state index >= 15 is 0 Å². The van der Waals surface area contributed by atoms with Crippen molar-refractivity contribution < 1.29 is 13.2 Å². The Bertz CT molecular complexity index is 302. The van der Waals surface area contributed by atoms with Crippen molar-refractivity contribution in [1.29, 1.82) is 0 Å². The number of ether oxygens (including phenoxy) is 1. The maximum atomic E-state index is 11.6. The normalized spacial score (nSPS) is 16.1. The highest BCUT2D eigenvalue weighted by atomic mass is 32.2. The van der Waals surface area contributed by atoms with Gasteiger partial charge >= 0.3 is 0 Å². The van der Waals surface area contributed by atoms with Gasteiger partial charge in [-0.3, -0.25) is 0 Å².